The second-order valence-electron chi connectivity index (χ2n) is 6.47. The monoisotopic (exact) mass is 377 g/mol. The summed E-state index contributed by atoms with van der Waals surface area (Å²) in [6, 6.07) is 5.22. The molecule has 5 rings (SSSR count). The number of hydrogen-bond donors (Lipinski definition) is 1. The molecular formula is C19H13F2N7. The molecule has 9 heteroatoms. The summed E-state index contributed by atoms with van der Waals surface area (Å²) in [5, 5.41) is 11.6. The van der Waals surface area contributed by atoms with Gasteiger partial charge < -0.3 is 5.73 Å². The molecular weight excluding hydrogens is 364 g/mol. The maximum absolute atomic E-state index is 14.8. The Labute approximate surface area is 157 Å². The van der Waals surface area contributed by atoms with Crippen LogP contribution in [0, 0.1) is 11.7 Å². The van der Waals surface area contributed by atoms with Crippen molar-refractivity contribution in [1.82, 2.24) is 25.0 Å². The molecule has 2 N–H and O–H groups in total. The topological polar surface area (TPSA) is 94.3 Å². The Morgan fingerprint density at radius 1 is 1.11 bits per heavy atom. The maximum Gasteiger partial charge on any atom is 0.222 e. The van der Waals surface area contributed by atoms with Gasteiger partial charge in [-0.15, -0.1) is 5.10 Å². The first kappa shape index (κ1) is 16.4. The molecule has 3 heterocycles. The fourth-order valence-corrected chi connectivity index (χ4v) is 3.45. The van der Waals surface area contributed by atoms with Crippen molar-refractivity contribution in [2.45, 2.75) is 6.04 Å². The Morgan fingerprint density at radius 2 is 1.93 bits per heavy atom. The van der Waals surface area contributed by atoms with Gasteiger partial charge in [0, 0.05) is 23.3 Å². The fraction of sp³-hybridized carbons (Fsp3) is 0.105. The van der Waals surface area contributed by atoms with Gasteiger partial charge in [-0.05, 0) is 46.8 Å². The van der Waals surface area contributed by atoms with Crippen molar-refractivity contribution in [1.29, 1.82) is 0 Å². The molecule has 2 aromatic heterocycles. The van der Waals surface area contributed by atoms with Crippen molar-refractivity contribution in [3.8, 4) is 11.3 Å². The van der Waals surface area contributed by atoms with E-state index in [2.05, 4.69) is 25.5 Å². The normalized spacial score (nSPS) is 20.8. The molecule has 1 aliphatic heterocycles. The first-order valence-corrected chi connectivity index (χ1v) is 8.54. The van der Waals surface area contributed by atoms with Crippen LogP contribution in [0.4, 0.5) is 14.6 Å². The fourth-order valence-electron chi connectivity index (χ4n) is 3.45. The van der Waals surface area contributed by atoms with Crippen molar-refractivity contribution in [2.24, 2.45) is 10.9 Å². The number of hydrogen-bond acceptors (Lipinski definition) is 6. The Kier molecular flexibility index (Phi) is 3.61. The molecule has 7 nitrogen and oxygen atoms in total. The first-order chi connectivity index (χ1) is 13.6. The molecule has 1 aromatic carbocycles. The highest BCUT2D eigenvalue weighted by atomic mass is 19.1. The van der Waals surface area contributed by atoms with E-state index in [-0.39, 0.29) is 29.0 Å². The van der Waals surface area contributed by atoms with Gasteiger partial charge in [0.25, 0.3) is 0 Å². The van der Waals surface area contributed by atoms with Crippen LogP contribution in [0.1, 0.15) is 5.69 Å². The lowest BCUT2D eigenvalue weighted by Gasteiger charge is -2.25. The lowest BCUT2D eigenvalue weighted by atomic mass is 9.87. The number of nitrogens with two attached hydrogens (primary N) is 1. The number of benzene rings is 1. The van der Waals surface area contributed by atoms with Crippen LogP contribution in [0.3, 0.4) is 0 Å². The van der Waals surface area contributed by atoms with Gasteiger partial charge in [0.05, 0.1) is 5.69 Å². The summed E-state index contributed by atoms with van der Waals surface area (Å²) in [4.78, 5) is 8.62. The summed E-state index contributed by atoms with van der Waals surface area (Å²) in [6.45, 7) is 0. The molecule has 28 heavy (non-hydrogen) atoms. The predicted molar refractivity (Wildman–Crippen MR) is 100 cm³/mol. The Balaban J connectivity index is 1.78. The van der Waals surface area contributed by atoms with Crippen LogP contribution in [0.2, 0.25) is 0 Å². The molecule has 0 saturated heterocycles. The second kappa shape index (κ2) is 6.15. The highest BCUT2D eigenvalue weighted by molar-refractivity contribution is 5.86. The van der Waals surface area contributed by atoms with E-state index < -0.39 is 6.04 Å². The van der Waals surface area contributed by atoms with Crippen LogP contribution >= 0.6 is 0 Å². The van der Waals surface area contributed by atoms with Gasteiger partial charge in [0.1, 0.15) is 23.4 Å². The molecule has 0 amide bonds. The molecule has 0 radical (unpaired) electrons. The molecule has 3 aromatic rings. The number of allylic oxidation sites excluding steroid dienone is 3. The predicted octanol–water partition coefficient (Wildman–Crippen LogP) is 2.78. The van der Waals surface area contributed by atoms with E-state index in [0.29, 0.717) is 22.5 Å². The van der Waals surface area contributed by atoms with E-state index in [1.165, 1.54) is 22.7 Å². The number of anilines is 1. The average molecular weight is 377 g/mol. The lowest BCUT2D eigenvalue weighted by Crippen LogP contribution is -2.22. The minimum Gasteiger partial charge on any atom is -0.380 e. The number of dihydropyridines is 1. The highest BCUT2D eigenvalue weighted by Crippen LogP contribution is 2.37. The third-order valence-corrected chi connectivity index (χ3v) is 4.74. The number of aliphatic imine (C=N–C) groups is 1. The van der Waals surface area contributed by atoms with Crippen molar-refractivity contribution in [3.63, 3.8) is 0 Å². The van der Waals surface area contributed by atoms with Crippen molar-refractivity contribution >= 4 is 23.3 Å². The number of tetrazole rings is 1. The van der Waals surface area contributed by atoms with E-state index in [4.69, 9.17) is 5.73 Å². The SMILES string of the molecule is Nc1nc(-c2ccc(F)cc2)c(C2=CC3C=CC=NC3C(F)=C2)n2nnnc12. The Hall–Kier alpha value is -3.75. The van der Waals surface area contributed by atoms with Crippen LogP contribution in [0.25, 0.3) is 22.5 Å². The molecule has 138 valence electrons. The van der Waals surface area contributed by atoms with Gasteiger partial charge in [-0.1, -0.05) is 12.2 Å². The van der Waals surface area contributed by atoms with Gasteiger partial charge in [0.2, 0.25) is 5.65 Å². The summed E-state index contributed by atoms with van der Waals surface area (Å²) in [5.41, 5.74) is 8.32. The summed E-state index contributed by atoms with van der Waals surface area (Å²) in [6.07, 6.45) is 8.54. The number of halogens is 2. The molecule has 0 spiro atoms. The van der Waals surface area contributed by atoms with Crippen LogP contribution in [-0.4, -0.2) is 37.3 Å². The zero-order chi connectivity index (χ0) is 19.3. The third kappa shape index (κ3) is 2.51. The number of rotatable bonds is 2. The zero-order valence-electron chi connectivity index (χ0n) is 14.4. The minimum absolute atomic E-state index is 0.119. The Morgan fingerprint density at radius 3 is 2.75 bits per heavy atom. The highest BCUT2D eigenvalue weighted by Gasteiger charge is 2.30. The van der Waals surface area contributed by atoms with Gasteiger partial charge >= 0.3 is 0 Å². The van der Waals surface area contributed by atoms with Crippen LogP contribution in [0.15, 0.2) is 59.4 Å². The van der Waals surface area contributed by atoms with Crippen LogP contribution in [-0.2, 0) is 0 Å². The first-order valence-electron chi connectivity index (χ1n) is 8.54. The largest absolute Gasteiger partial charge is 0.380 e. The summed E-state index contributed by atoms with van der Waals surface area (Å²) in [5.74, 6) is -0.868. The lowest BCUT2D eigenvalue weighted by molar-refractivity contribution is 0.497. The van der Waals surface area contributed by atoms with Crippen molar-refractivity contribution in [3.05, 3.63) is 65.9 Å². The van der Waals surface area contributed by atoms with Crippen molar-refractivity contribution < 1.29 is 8.78 Å². The molecule has 0 saturated carbocycles. The van der Waals surface area contributed by atoms with Gasteiger partial charge in [-0.2, -0.15) is 4.52 Å². The van der Waals surface area contributed by atoms with E-state index in [1.807, 2.05) is 12.2 Å². The average Bonchev–Trinajstić information content (AvgIpc) is 3.19. The third-order valence-electron chi connectivity index (χ3n) is 4.74. The van der Waals surface area contributed by atoms with E-state index in [0.717, 1.165) is 0 Å². The van der Waals surface area contributed by atoms with Gasteiger partial charge in [-0.3, -0.25) is 4.99 Å². The van der Waals surface area contributed by atoms with E-state index in [9.17, 15) is 8.78 Å². The quantitative estimate of drug-likeness (QED) is 0.741. The number of aromatic nitrogens is 5. The molecule has 2 aliphatic rings. The van der Waals surface area contributed by atoms with Crippen molar-refractivity contribution in [2.75, 3.05) is 5.73 Å². The zero-order valence-corrected chi connectivity index (χ0v) is 14.4. The maximum atomic E-state index is 14.8. The summed E-state index contributed by atoms with van der Waals surface area (Å²) in [7, 11) is 0. The molecule has 0 bridgehead atoms. The number of nitrogen functional groups attached to an aromatic ring is 1. The number of fused-ring (bicyclic) bond motifs is 2. The molecule has 1 aliphatic carbocycles. The van der Waals surface area contributed by atoms with Gasteiger partial charge in [-0.25, -0.2) is 13.8 Å². The molecule has 2 atom stereocenters. The van der Waals surface area contributed by atoms with E-state index in [1.54, 1.807) is 24.4 Å². The van der Waals surface area contributed by atoms with Crippen LogP contribution < -0.4 is 5.73 Å². The molecule has 2 unspecified atom stereocenters. The number of nitrogens with zero attached hydrogens (tertiary/aromatic N) is 6. The summed E-state index contributed by atoms with van der Waals surface area (Å²) >= 11 is 0. The minimum atomic E-state index is -0.575. The van der Waals surface area contributed by atoms with E-state index >= 15 is 0 Å². The molecule has 0 fully saturated rings. The summed E-state index contributed by atoms with van der Waals surface area (Å²) < 4.78 is 29.6. The second-order valence-corrected chi connectivity index (χ2v) is 6.47. The standard InChI is InChI=1S/C19H13F2N7/c20-13-5-3-10(4-6-13)16-17(28-19(18(22)24-16)25-26-27-28)12-8-11-2-1-7-23-15(11)14(21)9-12/h1-9,11,15H,(H2,22,24). The van der Waals surface area contributed by atoms with Gasteiger partial charge in [0.15, 0.2) is 5.82 Å². The smallest absolute Gasteiger partial charge is 0.222 e. The van der Waals surface area contributed by atoms with Crippen LogP contribution in [0.5, 0.6) is 0 Å². The Bertz CT molecular complexity index is 1200.